The molecule has 19 heavy (non-hydrogen) atoms. The molecule has 1 rings (SSSR count). The second kappa shape index (κ2) is 7.59. The van der Waals surface area contributed by atoms with Gasteiger partial charge in [0.2, 0.25) is 0 Å². The van der Waals surface area contributed by atoms with Crippen LogP contribution >= 0.6 is 0 Å². The molecule has 0 aromatic carbocycles. The maximum Gasteiger partial charge on any atom is 0.260 e. The van der Waals surface area contributed by atoms with Crippen molar-refractivity contribution in [3.63, 3.8) is 0 Å². The maximum atomic E-state index is 12.1. The lowest BCUT2D eigenvalue weighted by atomic mass is 10.3. The van der Waals surface area contributed by atoms with Crippen LogP contribution in [0.4, 0.5) is 0 Å². The summed E-state index contributed by atoms with van der Waals surface area (Å²) in [6.45, 7) is 3.28. The molecule has 0 radical (unpaired) electrons. The van der Waals surface area contributed by atoms with E-state index in [0.717, 1.165) is 18.5 Å². The number of hydrogen-bond acceptors (Lipinski definition) is 5. The van der Waals surface area contributed by atoms with Crippen LogP contribution in [0, 0.1) is 6.92 Å². The van der Waals surface area contributed by atoms with Crippen LogP contribution < -0.4 is 10.0 Å². The van der Waals surface area contributed by atoms with E-state index in [-0.39, 0.29) is 5.03 Å². The number of aryl methyl sites for hydroxylation is 1. The fourth-order valence-electron chi connectivity index (χ4n) is 1.68. The molecule has 0 spiro atoms. The van der Waals surface area contributed by atoms with Crippen LogP contribution in [0.25, 0.3) is 0 Å². The van der Waals surface area contributed by atoms with Crippen molar-refractivity contribution in [1.29, 1.82) is 0 Å². The van der Waals surface area contributed by atoms with E-state index in [1.54, 1.807) is 21.1 Å². The molecule has 1 aromatic heterocycles. The van der Waals surface area contributed by atoms with E-state index in [4.69, 9.17) is 4.74 Å². The van der Waals surface area contributed by atoms with E-state index in [1.165, 1.54) is 0 Å². The molecule has 1 heterocycles. The molecule has 0 amide bonds. The molecule has 0 saturated carbocycles. The third-order valence-electron chi connectivity index (χ3n) is 2.71. The smallest absolute Gasteiger partial charge is 0.260 e. The first-order valence-corrected chi connectivity index (χ1v) is 7.68. The minimum absolute atomic E-state index is 0.0751. The Morgan fingerprint density at radius 1 is 1.37 bits per heavy atom. The fraction of sp³-hybridized carbons (Fsp3) is 0.727. The Balaban J connectivity index is 2.66. The van der Waals surface area contributed by atoms with Crippen molar-refractivity contribution in [2.24, 2.45) is 0 Å². The monoisotopic (exact) mass is 290 g/mol. The van der Waals surface area contributed by atoms with Gasteiger partial charge in [-0.3, -0.25) is 5.10 Å². The molecule has 0 unspecified atom stereocenters. The number of hydrogen-bond donors (Lipinski definition) is 3. The van der Waals surface area contributed by atoms with E-state index >= 15 is 0 Å². The zero-order valence-electron chi connectivity index (χ0n) is 11.6. The Labute approximate surface area is 114 Å². The zero-order valence-corrected chi connectivity index (χ0v) is 12.4. The van der Waals surface area contributed by atoms with Crippen LogP contribution in [0.1, 0.15) is 24.1 Å². The van der Waals surface area contributed by atoms with Crippen molar-refractivity contribution in [2.75, 3.05) is 27.3 Å². The van der Waals surface area contributed by atoms with Crippen LogP contribution in [0.2, 0.25) is 0 Å². The minimum Gasteiger partial charge on any atom is -0.385 e. The Bertz CT molecular complexity index is 484. The van der Waals surface area contributed by atoms with Gasteiger partial charge < -0.3 is 10.1 Å². The first-order valence-electron chi connectivity index (χ1n) is 6.20. The number of sulfonamides is 1. The number of rotatable bonds is 9. The zero-order chi connectivity index (χ0) is 14.3. The summed E-state index contributed by atoms with van der Waals surface area (Å²) >= 11 is 0. The SMILES string of the molecule is CNCc1c(S(=O)(=O)NCCCCOC)n[nH]c1C. The van der Waals surface area contributed by atoms with Crippen molar-refractivity contribution in [3.05, 3.63) is 11.3 Å². The number of H-pyrrole nitrogens is 1. The molecule has 8 heteroatoms. The van der Waals surface area contributed by atoms with Crippen LogP contribution in [0.5, 0.6) is 0 Å². The Morgan fingerprint density at radius 3 is 2.74 bits per heavy atom. The normalized spacial score (nSPS) is 11.9. The molecule has 110 valence electrons. The van der Waals surface area contributed by atoms with Crippen LogP contribution in [0.3, 0.4) is 0 Å². The third kappa shape index (κ3) is 4.57. The fourth-order valence-corrected chi connectivity index (χ4v) is 2.95. The van der Waals surface area contributed by atoms with Crippen molar-refractivity contribution in [2.45, 2.75) is 31.3 Å². The summed E-state index contributed by atoms with van der Waals surface area (Å²) in [5.41, 5.74) is 1.43. The number of methoxy groups -OCH3 is 1. The Kier molecular flexibility index (Phi) is 6.43. The second-order valence-electron chi connectivity index (χ2n) is 4.26. The topological polar surface area (TPSA) is 96.1 Å². The lowest BCUT2D eigenvalue weighted by molar-refractivity contribution is 0.193. The first kappa shape index (κ1) is 16.1. The number of ether oxygens (including phenoxy) is 1. The molecule has 0 saturated heterocycles. The molecule has 1 aromatic rings. The summed E-state index contributed by atoms with van der Waals surface area (Å²) in [6.07, 6.45) is 1.56. The van der Waals surface area contributed by atoms with E-state index in [0.29, 0.717) is 25.3 Å². The van der Waals surface area contributed by atoms with Crippen molar-refractivity contribution >= 4 is 10.0 Å². The van der Waals surface area contributed by atoms with Crippen molar-refractivity contribution in [1.82, 2.24) is 20.2 Å². The number of nitrogens with one attached hydrogen (secondary N) is 3. The summed E-state index contributed by atoms with van der Waals surface area (Å²) < 4.78 is 31.7. The molecular weight excluding hydrogens is 268 g/mol. The van der Waals surface area contributed by atoms with Gasteiger partial charge in [-0.1, -0.05) is 0 Å². The molecule has 0 aliphatic carbocycles. The van der Waals surface area contributed by atoms with Crippen LogP contribution in [-0.2, 0) is 21.3 Å². The lowest BCUT2D eigenvalue weighted by Gasteiger charge is -2.06. The van der Waals surface area contributed by atoms with Gasteiger partial charge in [0, 0.05) is 38.1 Å². The molecule has 0 fully saturated rings. The van der Waals surface area contributed by atoms with Gasteiger partial charge in [0.25, 0.3) is 10.0 Å². The summed E-state index contributed by atoms with van der Waals surface area (Å²) in [6, 6.07) is 0. The van der Waals surface area contributed by atoms with E-state index in [9.17, 15) is 8.42 Å². The lowest BCUT2D eigenvalue weighted by Crippen LogP contribution is -2.27. The highest BCUT2D eigenvalue weighted by atomic mass is 32.2. The molecular formula is C11H22N4O3S. The first-order chi connectivity index (χ1) is 9.03. The Hall–Kier alpha value is -0.960. The molecule has 0 bridgehead atoms. The molecule has 3 N–H and O–H groups in total. The van der Waals surface area contributed by atoms with Gasteiger partial charge >= 0.3 is 0 Å². The molecule has 7 nitrogen and oxygen atoms in total. The van der Waals surface area contributed by atoms with E-state index in [2.05, 4.69) is 20.2 Å². The Morgan fingerprint density at radius 2 is 2.11 bits per heavy atom. The summed E-state index contributed by atoms with van der Waals surface area (Å²) in [5, 5.41) is 9.60. The van der Waals surface area contributed by atoms with Gasteiger partial charge in [-0.15, -0.1) is 0 Å². The highest BCUT2D eigenvalue weighted by Crippen LogP contribution is 2.15. The van der Waals surface area contributed by atoms with Gasteiger partial charge in [-0.05, 0) is 26.8 Å². The van der Waals surface area contributed by atoms with Gasteiger partial charge in [-0.25, -0.2) is 13.1 Å². The molecule has 0 aliphatic heterocycles. The predicted molar refractivity (Wildman–Crippen MR) is 72.4 cm³/mol. The summed E-state index contributed by atoms with van der Waals surface area (Å²) in [5.74, 6) is 0. The van der Waals surface area contributed by atoms with E-state index < -0.39 is 10.0 Å². The van der Waals surface area contributed by atoms with Crippen molar-refractivity contribution < 1.29 is 13.2 Å². The summed E-state index contributed by atoms with van der Waals surface area (Å²) in [4.78, 5) is 0. The number of aromatic amines is 1. The number of unbranched alkanes of at least 4 members (excludes halogenated alkanes) is 1. The molecule has 0 aliphatic rings. The average Bonchev–Trinajstić information content (AvgIpc) is 2.72. The highest BCUT2D eigenvalue weighted by molar-refractivity contribution is 7.89. The standard InChI is InChI=1S/C11H22N4O3S/c1-9-10(8-12-2)11(15-14-9)19(16,17)13-6-4-5-7-18-3/h12-13H,4-8H2,1-3H3,(H,14,15). The second-order valence-corrected chi connectivity index (χ2v) is 5.94. The largest absolute Gasteiger partial charge is 0.385 e. The van der Waals surface area contributed by atoms with Gasteiger partial charge in [0.15, 0.2) is 5.03 Å². The van der Waals surface area contributed by atoms with Crippen LogP contribution in [0.15, 0.2) is 5.03 Å². The van der Waals surface area contributed by atoms with E-state index in [1.807, 2.05) is 0 Å². The van der Waals surface area contributed by atoms with Crippen molar-refractivity contribution in [3.8, 4) is 0 Å². The third-order valence-corrected chi connectivity index (χ3v) is 4.14. The minimum atomic E-state index is -3.55. The van der Waals surface area contributed by atoms with Crippen LogP contribution in [-0.4, -0.2) is 45.9 Å². The maximum absolute atomic E-state index is 12.1. The predicted octanol–water partition coefficient (Wildman–Crippen LogP) is 0.142. The van der Waals surface area contributed by atoms with Gasteiger partial charge in [0.05, 0.1) is 0 Å². The summed E-state index contributed by atoms with van der Waals surface area (Å²) in [7, 11) is -0.162. The molecule has 0 atom stereocenters. The number of aromatic nitrogens is 2. The van der Waals surface area contributed by atoms with Gasteiger partial charge in [0.1, 0.15) is 0 Å². The highest BCUT2D eigenvalue weighted by Gasteiger charge is 2.22. The number of nitrogens with zero attached hydrogens (tertiary/aromatic N) is 1. The van der Waals surface area contributed by atoms with Gasteiger partial charge in [-0.2, -0.15) is 5.10 Å². The quantitative estimate of drug-likeness (QED) is 0.562. The average molecular weight is 290 g/mol.